The SMILES string of the molecule is COc1cc2ncnc(Oc3cccc(NC(=O)Nc4cc(C(C)(C)C(C)(F)F)on4)c3F)c2cc1OC. The molecule has 0 atom stereocenters. The number of halogens is 3. The number of benzene rings is 2. The van der Waals surface area contributed by atoms with Crippen LogP contribution >= 0.6 is 0 Å². The molecule has 0 radical (unpaired) electrons. The highest BCUT2D eigenvalue weighted by molar-refractivity contribution is 5.99. The maximum atomic E-state index is 15.2. The average Bonchev–Trinajstić information content (AvgIpc) is 3.34. The molecule has 4 rings (SSSR count). The minimum Gasteiger partial charge on any atom is -0.493 e. The van der Waals surface area contributed by atoms with E-state index in [0.29, 0.717) is 22.4 Å². The molecule has 2 aromatic carbocycles. The third-order valence-electron chi connectivity index (χ3n) is 5.99. The number of nitrogens with zero attached hydrogens (tertiary/aromatic N) is 3. The summed E-state index contributed by atoms with van der Waals surface area (Å²) >= 11 is 0. The third-order valence-corrected chi connectivity index (χ3v) is 5.99. The van der Waals surface area contributed by atoms with Crippen LogP contribution in [-0.2, 0) is 5.41 Å². The van der Waals surface area contributed by atoms with Crippen molar-refractivity contribution in [2.75, 3.05) is 24.9 Å². The van der Waals surface area contributed by atoms with Crippen LogP contribution in [-0.4, -0.2) is 41.3 Å². The van der Waals surface area contributed by atoms with E-state index in [1.807, 2.05) is 0 Å². The number of rotatable bonds is 8. The van der Waals surface area contributed by atoms with E-state index in [4.69, 9.17) is 18.7 Å². The molecule has 0 saturated carbocycles. The van der Waals surface area contributed by atoms with Gasteiger partial charge in [-0.3, -0.25) is 5.32 Å². The molecule has 0 unspecified atom stereocenters. The zero-order chi connectivity index (χ0) is 27.7. The van der Waals surface area contributed by atoms with Gasteiger partial charge in [0, 0.05) is 19.1 Å². The smallest absolute Gasteiger partial charge is 0.325 e. The molecule has 0 aliphatic heterocycles. The van der Waals surface area contributed by atoms with Gasteiger partial charge in [-0.15, -0.1) is 0 Å². The average molecular weight is 531 g/mol. The molecule has 38 heavy (non-hydrogen) atoms. The molecule has 2 amide bonds. The molecule has 2 heterocycles. The van der Waals surface area contributed by atoms with Crippen LogP contribution in [0.5, 0.6) is 23.1 Å². The molecule has 13 heteroatoms. The lowest BCUT2D eigenvalue weighted by molar-refractivity contribution is -0.0563. The summed E-state index contributed by atoms with van der Waals surface area (Å²) in [5.74, 6) is -3.60. The molecule has 10 nitrogen and oxygen atoms in total. The zero-order valence-corrected chi connectivity index (χ0v) is 21.1. The summed E-state index contributed by atoms with van der Waals surface area (Å²) < 4.78 is 64.3. The minimum absolute atomic E-state index is 0.0434. The Morgan fingerprint density at radius 2 is 1.68 bits per heavy atom. The normalized spacial score (nSPS) is 11.8. The number of urea groups is 1. The Morgan fingerprint density at radius 1 is 0.974 bits per heavy atom. The van der Waals surface area contributed by atoms with Crippen molar-refractivity contribution < 1.29 is 36.7 Å². The molecule has 200 valence electrons. The van der Waals surface area contributed by atoms with Gasteiger partial charge in [0.15, 0.2) is 34.6 Å². The molecule has 2 aromatic heterocycles. The number of aromatic nitrogens is 3. The van der Waals surface area contributed by atoms with Crippen LogP contribution in [0.4, 0.5) is 29.5 Å². The molecular formula is C25H24F3N5O5. The fraction of sp³-hybridized carbons (Fsp3) is 0.280. The Kier molecular flexibility index (Phi) is 7.03. The number of hydrogen-bond acceptors (Lipinski definition) is 8. The maximum Gasteiger partial charge on any atom is 0.325 e. The molecule has 0 bridgehead atoms. The van der Waals surface area contributed by atoms with Crippen LogP contribution in [0.1, 0.15) is 26.5 Å². The number of alkyl halides is 2. The predicted octanol–water partition coefficient (Wildman–Crippen LogP) is 6.14. The van der Waals surface area contributed by atoms with Crippen molar-refractivity contribution in [1.29, 1.82) is 0 Å². The van der Waals surface area contributed by atoms with Gasteiger partial charge >= 0.3 is 6.03 Å². The lowest BCUT2D eigenvalue weighted by atomic mass is 9.84. The Balaban J connectivity index is 1.53. The number of methoxy groups -OCH3 is 2. The minimum atomic E-state index is -3.11. The van der Waals surface area contributed by atoms with Gasteiger partial charge in [0.05, 0.1) is 36.2 Å². The largest absolute Gasteiger partial charge is 0.493 e. The van der Waals surface area contributed by atoms with Crippen molar-refractivity contribution >= 4 is 28.4 Å². The van der Waals surface area contributed by atoms with Gasteiger partial charge in [0.25, 0.3) is 5.92 Å². The topological polar surface area (TPSA) is 121 Å². The molecule has 4 aromatic rings. The summed E-state index contributed by atoms with van der Waals surface area (Å²) in [6, 6.07) is 7.63. The van der Waals surface area contributed by atoms with Gasteiger partial charge in [-0.05, 0) is 32.0 Å². The summed E-state index contributed by atoms with van der Waals surface area (Å²) in [6.07, 6.45) is 1.25. The number of hydrogen-bond donors (Lipinski definition) is 2. The van der Waals surface area contributed by atoms with Gasteiger partial charge in [0.2, 0.25) is 5.88 Å². The van der Waals surface area contributed by atoms with Gasteiger partial charge in [-0.1, -0.05) is 11.2 Å². The van der Waals surface area contributed by atoms with E-state index in [-0.39, 0.29) is 28.9 Å². The zero-order valence-electron chi connectivity index (χ0n) is 21.1. The lowest BCUT2D eigenvalue weighted by Gasteiger charge is -2.28. The molecule has 2 N–H and O–H groups in total. The summed E-state index contributed by atoms with van der Waals surface area (Å²) in [4.78, 5) is 20.7. The highest BCUT2D eigenvalue weighted by atomic mass is 19.3. The van der Waals surface area contributed by atoms with Crippen molar-refractivity contribution in [2.24, 2.45) is 0 Å². The number of anilines is 2. The van der Waals surface area contributed by atoms with Crippen molar-refractivity contribution in [1.82, 2.24) is 15.1 Å². The first-order valence-electron chi connectivity index (χ1n) is 11.2. The second kappa shape index (κ2) is 10.1. The highest BCUT2D eigenvalue weighted by Gasteiger charge is 2.46. The van der Waals surface area contributed by atoms with Gasteiger partial charge in [0.1, 0.15) is 6.33 Å². The van der Waals surface area contributed by atoms with Crippen LogP contribution in [0.3, 0.4) is 0 Å². The van der Waals surface area contributed by atoms with E-state index in [1.165, 1.54) is 58.7 Å². The number of amides is 2. The van der Waals surface area contributed by atoms with Crippen molar-refractivity contribution in [3.05, 3.63) is 54.3 Å². The fourth-order valence-electron chi connectivity index (χ4n) is 3.35. The van der Waals surface area contributed by atoms with Crippen LogP contribution in [0.25, 0.3) is 10.9 Å². The highest BCUT2D eigenvalue weighted by Crippen LogP contribution is 2.40. The lowest BCUT2D eigenvalue weighted by Crippen LogP contribution is -2.37. The van der Waals surface area contributed by atoms with Crippen LogP contribution in [0, 0.1) is 5.82 Å². The van der Waals surface area contributed by atoms with E-state index < -0.39 is 23.2 Å². The molecular weight excluding hydrogens is 507 g/mol. The molecule has 0 aliphatic rings. The second-order valence-corrected chi connectivity index (χ2v) is 8.79. The van der Waals surface area contributed by atoms with E-state index in [2.05, 4.69) is 25.8 Å². The Hall–Kier alpha value is -4.55. The number of carbonyl (C=O) groups excluding carboxylic acids is 1. The second-order valence-electron chi connectivity index (χ2n) is 8.79. The van der Waals surface area contributed by atoms with Crippen LogP contribution in [0.2, 0.25) is 0 Å². The summed E-state index contributed by atoms with van der Waals surface area (Å²) in [6.45, 7) is 3.32. The maximum absolute atomic E-state index is 15.2. The quantitative estimate of drug-likeness (QED) is 0.278. The van der Waals surface area contributed by atoms with E-state index in [1.54, 1.807) is 12.1 Å². The van der Waals surface area contributed by atoms with Gasteiger partial charge < -0.3 is 24.1 Å². The summed E-state index contributed by atoms with van der Waals surface area (Å²) in [5, 5.41) is 8.68. The Labute approximate surface area is 215 Å². The summed E-state index contributed by atoms with van der Waals surface area (Å²) in [7, 11) is 2.95. The van der Waals surface area contributed by atoms with Crippen LogP contribution in [0.15, 0.2) is 47.2 Å². The number of fused-ring (bicyclic) bond motifs is 1. The van der Waals surface area contributed by atoms with Crippen molar-refractivity contribution in [3.8, 4) is 23.1 Å². The molecule has 0 fully saturated rings. The first-order chi connectivity index (χ1) is 17.9. The summed E-state index contributed by atoms with van der Waals surface area (Å²) in [5.41, 5.74) is -1.42. The molecule has 0 aliphatic carbocycles. The Morgan fingerprint density at radius 3 is 2.37 bits per heavy atom. The van der Waals surface area contributed by atoms with E-state index >= 15 is 4.39 Å². The van der Waals surface area contributed by atoms with Gasteiger partial charge in [-0.2, -0.15) is 0 Å². The number of nitrogens with one attached hydrogen (secondary N) is 2. The van der Waals surface area contributed by atoms with Crippen LogP contribution < -0.4 is 24.8 Å². The van der Waals surface area contributed by atoms with Crippen molar-refractivity contribution in [2.45, 2.75) is 32.1 Å². The molecule has 0 spiro atoms. The molecule has 0 saturated heterocycles. The fourth-order valence-corrected chi connectivity index (χ4v) is 3.35. The van der Waals surface area contributed by atoms with E-state index in [9.17, 15) is 13.6 Å². The predicted molar refractivity (Wildman–Crippen MR) is 132 cm³/mol. The number of ether oxygens (including phenoxy) is 3. The third kappa shape index (κ3) is 5.12. The van der Waals surface area contributed by atoms with Crippen molar-refractivity contribution in [3.63, 3.8) is 0 Å². The standard InChI is InChI=1S/C25H24F3N5O5/c1-24(2,25(3,27)28)19-11-20(33-38-19)32-23(34)31-14-7-6-8-16(21(14)26)37-22-13-9-17(35-4)18(36-5)10-15(13)29-12-30-22/h6-12H,1-5H3,(H2,31,32,33,34). The van der Waals surface area contributed by atoms with Gasteiger partial charge in [-0.25, -0.2) is 27.9 Å². The first-order valence-corrected chi connectivity index (χ1v) is 11.2. The monoisotopic (exact) mass is 531 g/mol. The number of carbonyl (C=O) groups is 1. The van der Waals surface area contributed by atoms with E-state index in [0.717, 1.165) is 6.92 Å². The first kappa shape index (κ1) is 26.5. The Bertz CT molecular complexity index is 1490.